The molecule has 2 rings (SSSR count). The van der Waals surface area contributed by atoms with Crippen LogP contribution in [0.3, 0.4) is 0 Å². The second-order valence-corrected chi connectivity index (χ2v) is 4.39. The minimum Gasteiger partial charge on any atom is -0.493 e. The molecule has 0 fully saturated rings. The van der Waals surface area contributed by atoms with Crippen molar-refractivity contribution < 1.29 is 14.2 Å². The van der Waals surface area contributed by atoms with Crippen LogP contribution >= 0.6 is 0 Å². The van der Waals surface area contributed by atoms with Crippen LogP contribution in [0.2, 0.25) is 0 Å². The molecule has 0 unspecified atom stereocenters. The fourth-order valence-corrected chi connectivity index (χ4v) is 1.90. The Labute approximate surface area is 123 Å². The van der Waals surface area contributed by atoms with Gasteiger partial charge < -0.3 is 19.9 Å². The molecule has 0 aromatic heterocycles. The number of benzene rings is 2. The van der Waals surface area contributed by atoms with E-state index in [1.165, 1.54) is 0 Å². The molecule has 5 nitrogen and oxygen atoms in total. The van der Waals surface area contributed by atoms with Crippen LogP contribution in [-0.2, 0) is 6.61 Å². The number of nitrogen functional groups attached to an aromatic ring is 1. The van der Waals surface area contributed by atoms with E-state index in [-0.39, 0.29) is 5.84 Å². The summed E-state index contributed by atoms with van der Waals surface area (Å²) < 4.78 is 16.4. The Morgan fingerprint density at radius 2 is 1.57 bits per heavy atom. The van der Waals surface area contributed by atoms with Crippen LogP contribution in [0.15, 0.2) is 42.5 Å². The molecule has 0 aliphatic heterocycles. The zero-order valence-electron chi connectivity index (χ0n) is 12.1. The van der Waals surface area contributed by atoms with Crippen molar-refractivity contribution in [3.8, 4) is 17.2 Å². The Balaban J connectivity index is 2.14. The van der Waals surface area contributed by atoms with Gasteiger partial charge in [-0.1, -0.05) is 30.3 Å². The third-order valence-corrected chi connectivity index (χ3v) is 3.03. The highest BCUT2D eigenvalue weighted by molar-refractivity contribution is 5.94. The summed E-state index contributed by atoms with van der Waals surface area (Å²) in [5.41, 5.74) is 7.08. The van der Waals surface area contributed by atoms with Crippen LogP contribution in [0, 0.1) is 5.41 Å². The van der Waals surface area contributed by atoms with Crippen molar-refractivity contribution in [2.24, 2.45) is 5.73 Å². The van der Waals surface area contributed by atoms with Crippen molar-refractivity contribution in [2.75, 3.05) is 14.2 Å². The molecular formula is C16H18N2O3. The van der Waals surface area contributed by atoms with E-state index in [2.05, 4.69) is 0 Å². The molecule has 0 saturated heterocycles. The zero-order chi connectivity index (χ0) is 15.2. The largest absolute Gasteiger partial charge is 0.493 e. The maximum atomic E-state index is 7.36. The first-order valence-electron chi connectivity index (χ1n) is 6.43. The van der Waals surface area contributed by atoms with Gasteiger partial charge in [-0.3, -0.25) is 5.41 Å². The van der Waals surface area contributed by atoms with Gasteiger partial charge in [-0.2, -0.15) is 0 Å². The minimum absolute atomic E-state index is 0.0499. The number of nitrogens with one attached hydrogen (secondary N) is 1. The predicted molar refractivity (Wildman–Crippen MR) is 81.3 cm³/mol. The number of methoxy groups -OCH3 is 2. The van der Waals surface area contributed by atoms with Gasteiger partial charge in [0.05, 0.1) is 14.2 Å². The lowest BCUT2D eigenvalue weighted by atomic mass is 10.1. The van der Waals surface area contributed by atoms with Crippen molar-refractivity contribution in [2.45, 2.75) is 6.61 Å². The first-order valence-corrected chi connectivity index (χ1v) is 6.43. The number of rotatable bonds is 6. The summed E-state index contributed by atoms with van der Waals surface area (Å²) in [7, 11) is 3.17. The monoisotopic (exact) mass is 286 g/mol. The van der Waals surface area contributed by atoms with Gasteiger partial charge in [-0.25, -0.2) is 0 Å². The van der Waals surface area contributed by atoms with Crippen LogP contribution in [0.1, 0.15) is 11.1 Å². The second kappa shape index (κ2) is 6.65. The number of nitrogens with two attached hydrogens (primary N) is 1. The van der Waals surface area contributed by atoms with Gasteiger partial charge in [-0.15, -0.1) is 0 Å². The smallest absolute Gasteiger partial charge is 0.203 e. The molecule has 0 bridgehead atoms. The van der Waals surface area contributed by atoms with E-state index in [0.29, 0.717) is 29.4 Å². The molecule has 0 aliphatic rings. The molecule has 0 atom stereocenters. The highest BCUT2D eigenvalue weighted by Crippen LogP contribution is 2.37. The lowest BCUT2D eigenvalue weighted by Gasteiger charge is -2.14. The number of para-hydroxylation sites is 1. The van der Waals surface area contributed by atoms with Crippen LogP contribution in [0.4, 0.5) is 0 Å². The van der Waals surface area contributed by atoms with E-state index < -0.39 is 0 Å². The first-order chi connectivity index (χ1) is 10.2. The number of hydrogen-bond acceptors (Lipinski definition) is 4. The summed E-state index contributed by atoms with van der Waals surface area (Å²) in [6.07, 6.45) is 0. The van der Waals surface area contributed by atoms with E-state index in [0.717, 1.165) is 5.56 Å². The fourth-order valence-electron chi connectivity index (χ4n) is 1.90. The first kappa shape index (κ1) is 14.7. The van der Waals surface area contributed by atoms with Gasteiger partial charge >= 0.3 is 0 Å². The van der Waals surface area contributed by atoms with E-state index in [1.54, 1.807) is 26.4 Å². The van der Waals surface area contributed by atoms with Crippen molar-refractivity contribution in [3.63, 3.8) is 0 Å². The standard InChI is InChI=1S/C16H18N2O3/c1-19-13-4-3-5-14(20-2)15(13)21-10-11-6-8-12(9-7-11)16(17)18/h3-9H,10H2,1-2H3,(H3,17,18). The summed E-state index contributed by atoms with van der Waals surface area (Å²) in [6, 6.07) is 12.8. The molecule has 2 aromatic carbocycles. The number of amidine groups is 1. The van der Waals surface area contributed by atoms with Gasteiger partial charge in [-0.05, 0) is 17.7 Å². The fraction of sp³-hybridized carbons (Fsp3) is 0.188. The third kappa shape index (κ3) is 3.45. The maximum Gasteiger partial charge on any atom is 0.203 e. The topological polar surface area (TPSA) is 77.6 Å². The van der Waals surface area contributed by atoms with E-state index in [4.69, 9.17) is 25.4 Å². The molecular weight excluding hydrogens is 268 g/mol. The summed E-state index contributed by atoms with van der Waals surface area (Å²) in [5.74, 6) is 1.86. The average Bonchev–Trinajstić information content (AvgIpc) is 2.52. The molecule has 21 heavy (non-hydrogen) atoms. The summed E-state index contributed by atoms with van der Waals surface area (Å²) in [6.45, 7) is 0.370. The maximum absolute atomic E-state index is 7.36. The van der Waals surface area contributed by atoms with Crippen molar-refractivity contribution in [1.29, 1.82) is 5.41 Å². The van der Waals surface area contributed by atoms with E-state index in [1.807, 2.05) is 30.3 Å². The number of ether oxygens (including phenoxy) is 3. The van der Waals surface area contributed by atoms with Crippen LogP contribution in [-0.4, -0.2) is 20.1 Å². The lowest BCUT2D eigenvalue weighted by Crippen LogP contribution is -2.10. The Morgan fingerprint density at radius 1 is 1.00 bits per heavy atom. The second-order valence-electron chi connectivity index (χ2n) is 4.39. The van der Waals surface area contributed by atoms with Crippen LogP contribution in [0.5, 0.6) is 17.2 Å². The number of hydrogen-bond donors (Lipinski definition) is 2. The van der Waals surface area contributed by atoms with E-state index in [9.17, 15) is 0 Å². The average molecular weight is 286 g/mol. The Hall–Kier alpha value is -2.69. The summed E-state index contributed by atoms with van der Waals surface area (Å²) in [5, 5.41) is 7.36. The molecule has 0 radical (unpaired) electrons. The molecule has 0 aliphatic carbocycles. The predicted octanol–water partition coefficient (Wildman–Crippen LogP) is 2.57. The van der Waals surface area contributed by atoms with Gasteiger partial charge in [0.25, 0.3) is 0 Å². The van der Waals surface area contributed by atoms with Crippen molar-refractivity contribution >= 4 is 5.84 Å². The highest BCUT2D eigenvalue weighted by atomic mass is 16.5. The Morgan fingerprint density at radius 3 is 2.05 bits per heavy atom. The Kier molecular flexibility index (Phi) is 4.66. The van der Waals surface area contributed by atoms with Gasteiger partial charge in [0.15, 0.2) is 11.5 Å². The molecule has 0 heterocycles. The SMILES string of the molecule is COc1cccc(OC)c1OCc1ccc(C(=N)N)cc1. The molecule has 110 valence electrons. The van der Waals surface area contributed by atoms with Crippen LogP contribution in [0.25, 0.3) is 0 Å². The van der Waals surface area contributed by atoms with Gasteiger partial charge in [0.2, 0.25) is 5.75 Å². The summed E-state index contributed by atoms with van der Waals surface area (Å²) >= 11 is 0. The van der Waals surface area contributed by atoms with Crippen molar-refractivity contribution in [3.05, 3.63) is 53.6 Å². The van der Waals surface area contributed by atoms with Gasteiger partial charge in [0, 0.05) is 5.56 Å². The molecule has 5 heteroatoms. The molecule has 0 saturated carbocycles. The Bertz CT molecular complexity index is 602. The normalized spacial score (nSPS) is 10.0. The zero-order valence-corrected chi connectivity index (χ0v) is 12.1. The van der Waals surface area contributed by atoms with Crippen LogP contribution < -0.4 is 19.9 Å². The summed E-state index contributed by atoms with van der Waals surface area (Å²) in [4.78, 5) is 0. The van der Waals surface area contributed by atoms with Gasteiger partial charge in [0.1, 0.15) is 12.4 Å². The molecule has 0 spiro atoms. The van der Waals surface area contributed by atoms with Crippen molar-refractivity contribution in [1.82, 2.24) is 0 Å². The lowest BCUT2D eigenvalue weighted by molar-refractivity contribution is 0.266. The quantitative estimate of drug-likeness (QED) is 0.632. The third-order valence-electron chi connectivity index (χ3n) is 3.03. The highest BCUT2D eigenvalue weighted by Gasteiger charge is 2.11. The molecule has 2 aromatic rings. The van der Waals surface area contributed by atoms with E-state index >= 15 is 0 Å². The molecule has 0 amide bonds. The molecule has 3 N–H and O–H groups in total. The minimum atomic E-state index is 0.0499.